The molecule has 0 amide bonds. The third-order valence-corrected chi connectivity index (χ3v) is 1.56. The second kappa shape index (κ2) is 9.44. The maximum Gasteiger partial charge on any atom is 0.0792 e. The van der Waals surface area contributed by atoms with Gasteiger partial charge in [0.15, 0.2) is 0 Å². The fraction of sp³-hybridized carbons (Fsp3) is 1.00. The third-order valence-electron chi connectivity index (χ3n) is 1.56. The number of nitrogens with one attached hydrogen (secondary N) is 1. The van der Waals surface area contributed by atoms with E-state index in [9.17, 15) is 0 Å². The lowest BCUT2D eigenvalue weighted by Gasteiger charge is -2.23. The molecule has 1 N–H and O–H groups in total. The van der Waals surface area contributed by atoms with Crippen LogP contribution in [0, 0.1) is 0 Å². The van der Waals surface area contributed by atoms with E-state index in [4.69, 9.17) is 0 Å². The predicted octanol–water partition coefficient (Wildman–Crippen LogP) is -1.34. The molecular weight excluding hydrogens is 296 g/mol. The molecule has 0 aliphatic rings. The van der Waals surface area contributed by atoms with E-state index in [0.717, 1.165) is 11.0 Å². The van der Waals surface area contributed by atoms with Gasteiger partial charge in [-0.15, -0.1) is 17.0 Å². The lowest BCUT2D eigenvalue weighted by atomic mass is 10.3. The summed E-state index contributed by atoms with van der Waals surface area (Å²) in [5.41, 5.74) is 0. The van der Waals surface area contributed by atoms with E-state index in [0.29, 0.717) is 6.04 Å². The number of rotatable bonds is 5. The highest BCUT2D eigenvalue weighted by molar-refractivity contribution is 8.93. The molecule has 4 heteroatoms. The van der Waals surface area contributed by atoms with Crippen LogP contribution in [0.25, 0.3) is 0 Å². The van der Waals surface area contributed by atoms with Crippen molar-refractivity contribution in [1.29, 1.82) is 0 Å². The number of hydrogen-bond acceptors (Lipinski definition) is 1. The van der Waals surface area contributed by atoms with Crippen molar-refractivity contribution < 1.29 is 21.5 Å². The molecule has 0 aromatic rings. The molecule has 0 atom stereocenters. The summed E-state index contributed by atoms with van der Waals surface area (Å²) >= 11 is 0. The zero-order valence-corrected chi connectivity index (χ0v) is 12.7. The Morgan fingerprint density at radius 1 is 1.15 bits per heavy atom. The van der Waals surface area contributed by atoms with E-state index < -0.39 is 0 Å². The number of halogens is 2. The molecule has 0 saturated heterocycles. The molecule has 0 bridgehead atoms. The Morgan fingerprint density at radius 2 is 1.62 bits per heavy atom. The average Bonchev–Trinajstić information content (AvgIpc) is 1.78. The summed E-state index contributed by atoms with van der Waals surface area (Å²) in [5, 5.41) is 3.41. The van der Waals surface area contributed by atoms with Gasteiger partial charge < -0.3 is 26.8 Å². The van der Waals surface area contributed by atoms with Crippen LogP contribution in [-0.4, -0.2) is 44.8 Å². The van der Waals surface area contributed by atoms with Gasteiger partial charge in [0, 0.05) is 19.0 Å². The Morgan fingerprint density at radius 3 is 1.92 bits per heavy atom. The van der Waals surface area contributed by atoms with E-state index in [1.165, 1.54) is 13.0 Å². The first kappa shape index (κ1) is 19.5. The highest BCUT2D eigenvalue weighted by Gasteiger charge is 2.04. The molecule has 84 valence electrons. The number of nitrogens with zero attached hydrogens (tertiary/aromatic N) is 1. The topological polar surface area (TPSA) is 12.0 Å². The SMILES string of the molecule is Br.CC(C)NCCC[N+](C)(C)C.[Br-]. The van der Waals surface area contributed by atoms with Crippen molar-refractivity contribution in [1.82, 2.24) is 5.32 Å². The third kappa shape index (κ3) is 19.3. The first-order chi connectivity index (χ1) is 4.92. The van der Waals surface area contributed by atoms with Crippen LogP contribution in [0.5, 0.6) is 0 Å². The van der Waals surface area contributed by atoms with Crippen LogP contribution in [-0.2, 0) is 0 Å². The Balaban J connectivity index is -0.000000500. The van der Waals surface area contributed by atoms with Gasteiger partial charge >= 0.3 is 0 Å². The molecule has 0 saturated carbocycles. The standard InChI is InChI=1S/C9H23N2.2BrH/c1-9(2)10-7-6-8-11(3,4)5;;/h9-10H,6-8H2,1-5H3;2*1H/q+1;;/p-1. The van der Waals surface area contributed by atoms with E-state index >= 15 is 0 Å². The maximum atomic E-state index is 3.41. The van der Waals surface area contributed by atoms with Gasteiger partial charge in [0.2, 0.25) is 0 Å². The lowest BCUT2D eigenvalue weighted by molar-refractivity contribution is -0.870. The molecule has 0 rings (SSSR count). The summed E-state index contributed by atoms with van der Waals surface area (Å²) in [6.45, 7) is 6.77. The first-order valence-electron chi connectivity index (χ1n) is 4.45. The molecule has 0 aromatic carbocycles. The van der Waals surface area contributed by atoms with Gasteiger partial charge in [0.05, 0.1) is 27.7 Å². The fourth-order valence-electron chi connectivity index (χ4n) is 0.944. The summed E-state index contributed by atoms with van der Waals surface area (Å²) < 4.78 is 1.07. The fourth-order valence-corrected chi connectivity index (χ4v) is 0.944. The molecular formula is C9H24Br2N2. The van der Waals surface area contributed by atoms with Crippen LogP contribution in [0.2, 0.25) is 0 Å². The van der Waals surface area contributed by atoms with Gasteiger partial charge in [0.25, 0.3) is 0 Å². The van der Waals surface area contributed by atoms with Crippen LogP contribution in [0.15, 0.2) is 0 Å². The molecule has 0 radical (unpaired) electrons. The molecule has 0 unspecified atom stereocenters. The highest BCUT2D eigenvalue weighted by Crippen LogP contribution is 1.92. The second-order valence-electron chi connectivity index (χ2n) is 4.48. The van der Waals surface area contributed by atoms with E-state index in [-0.39, 0.29) is 34.0 Å². The average molecular weight is 320 g/mol. The Kier molecular flexibility index (Phi) is 14.1. The number of hydrogen-bond donors (Lipinski definition) is 1. The molecule has 0 aromatic heterocycles. The van der Waals surface area contributed by atoms with Gasteiger partial charge in [0.1, 0.15) is 0 Å². The van der Waals surface area contributed by atoms with Crippen molar-refractivity contribution >= 4 is 17.0 Å². The van der Waals surface area contributed by atoms with Gasteiger partial charge in [-0.25, -0.2) is 0 Å². The Bertz CT molecular complexity index is 100. The zero-order valence-electron chi connectivity index (χ0n) is 9.43. The molecule has 0 fully saturated rings. The molecule has 0 aliphatic heterocycles. The van der Waals surface area contributed by atoms with Crippen LogP contribution in [0.4, 0.5) is 0 Å². The minimum atomic E-state index is 0. The molecule has 0 heterocycles. The van der Waals surface area contributed by atoms with Gasteiger partial charge in [-0.1, -0.05) is 13.8 Å². The van der Waals surface area contributed by atoms with E-state index in [1.807, 2.05) is 0 Å². The minimum Gasteiger partial charge on any atom is -1.00 e. The first-order valence-corrected chi connectivity index (χ1v) is 4.45. The predicted molar refractivity (Wildman–Crippen MR) is 61.0 cm³/mol. The largest absolute Gasteiger partial charge is 1.00 e. The summed E-state index contributed by atoms with van der Waals surface area (Å²) in [5.74, 6) is 0. The van der Waals surface area contributed by atoms with E-state index in [2.05, 4.69) is 40.3 Å². The van der Waals surface area contributed by atoms with Crippen LogP contribution in [0.1, 0.15) is 20.3 Å². The van der Waals surface area contributed by atoms with Crippen molar-refractivity contribution in [3.8, 4) is 0 Å². The molecule has 13 heavy (non-hydrogen) atoms. The summed E-state index contributed by atoms with van der Waals surface area (Å²) in [7, 11) is 6.69. The highest BCUT2D eigenvalue weighted by atomic mass is 79.9. The normalized spacial score (nSPS) is 10.6. The summed E-state index contributed by atoms with van der Waals surface area (Å²) in [6.07, 6.45) is 1.27. The summed E-state index contributed by atoms with van der Waals surface area (Å²) in [6, 6.07) is 0.627. The molecule has 0 aliphatic carbocycles. The molecule has 0 spiro atoms. The Hall–Kier alpha value is 0.880. The van der Waals surface area contributed by atoms with Gasteiger partial charge in [-0.2, -0.15) is 0 Å². The van der Waals surface area contributed by atoms with Crippen LogP contribution >= 0.6 is 17.0 Å². The lowest BCUT2D eigenvalue weighted by Crippen LogP contribution is -3.00. The smallest absolute Gasteiger partial charge is 0.0792 e. The van der Waals surface area contributed by atoms with Crippen LogP contribution in [0.3, 0.4) is 0 Å². The van der Waals surface area contributed by atoms with Crippen molar-refractivity contribution in [2.45, 2.75) is 26.3 Å². The van der Waals surface area contributed by atoms with Gasteiger partial charge in [-0.05, 0) is 0 Å². The van der Waals surface area contributed by atoms with Crippen molar-refractivity contribution in [2.24, 2.45) is 0 Å². The van der Waals surface area contributed by atoms with Crippen molar-refractivity contribution in [3.05, 3.63) is 0 Å². The summed E-state index contributed by atoms with van der Waals surface area (Å²) in [4.78, 5) is 0. The van der Waals surface area contributed by atoms with Crippen molar-refractivity contribution in [3.63, 3.8) is 0 Å². The van der Waals surface area contributed by atoms with Crippen molar-refractivity contribution in [2.75, 3.05) is 34.2 Å². The maximum absolute atomic E-state index is 3.41. The molecule has 2 nitrogen and oxygen atoms in total. The van der Waals surface area contributed by atoms with Crippen LogP contribution < -0.4 is 22.3 Å². The monoisotopic (exact) mass is 318 g/mol. The zero-order chi connectivity index (χ0) is 8.91. The minimum absolute atomic E-state index is 0. The van der Waals surface area contributed by atoms with Gasteiger partial charge in [-0.3, -0.25) is 0 Å². The number of quaternary nitrogens is 1. The Labute approximate surface area is 104 Å². The van der Waals surface area contributed by atoms with E-state index in [1.54, 1.807) is 0 Å². The quantitative estimate of drug-likeness (QED) is 0.489. The second-order valence-corrected chi connectivity index (χ2v) is 4.48.